The van der Waals surface area contributed by atoms with Crippen LogP contribution in [0.5, 0.6) is 0 Å². The number of nitrogens with zero attached hydrogens (tertiary/aromatic N) is 5. The third kappa shape index (κ3) is 2.76. The Morgan fingerprint density at radius 3 is 2.53 bits per heavy atom. The summed E-state index contributed by atoms with van der Waals surface area (Å²) >= 11 is 6.04. The van der Waals surface area contributed by atoms with E-state index in [1.807, 2.05) is 43.4 Å². The van der Waals surface area contributed by atoms with E-state index < -0.39 is 0 Å². The van der Waals surface area contributed by atoms with Gasteiger partial charge in [0.15, 0.2) is 0 Å². The maximum absolute atomic E-state index is 9.28. The number of aromatic nitrogens is 4. The van der Waals surface area contributed by atoms with Gasteiger partial charge in [-0.15, -0.1) is 0 Å². The number of nitriles is 1. The summed E-state index contributed by atoms with van der Waals surface area (Å²) < 4.78 is 3.58. The number of halogens is 1. The lowest BCUT2D eigenvalue weighted by Crippen LogP contribution is -2.21. The van der Waals surface area contributed by atoms with E-state index in [0.717, 1.165) is 33.1 Å². The molecule has 0 aliphatic heterocycles. The molecule has 0 spiro atoms. The van der Waals surface area contributed by atoms with E-state index in [2.05, 4.69) is 22.1 Å². The number of rotatable bonds is 2. The molecule has 0 amide bonds. The maximum Gasteiger partial charge on any atom is 0.207 e. The Morgan fingerprint density at radius 1 is 1.00 bits per heavy atom. The minimum absolute atomic E-state index is 0.271. The molecule has 0 atom stereocenters. The minimum atomic E-state index is 0.271. The average Bonchev–Trinajstić information content (AvgIpc) is 3.04. The molecular weight excluding hydrogens is 396 g/mol. The van der Waals surface area contributed by atoms with Gasteiger partial charge < -0.3 is 4.57 Å². The van der Waals surface area contributed by atoms with Crippen LogP contribution in [-0.4, -0.2) is 19.1 Å². The molecule has 0 fully saturated rings. The Labute approximate surface area is 176 Å². The van der Waals surface area contributed by atoms with Crippen molar-refractivity contribution in [2.45, 2.75) is 0 Å². The van der Waals surface area contributed by atoms with Crippen molar-refractivity contribution in [3.05, 3.63) is 83.3 Å². The van der Waals surface area contributed by atoms with Crippen LogP contribution >= 0.6 is 11.6 Å². The van der Waals surface area contributed by atoms with Crippen molar-refractivity contribution < 1.29 is 0 Å². The number of nitrogens with one attached hydrogen (secondary N) is 1. The number of fused-ring (bicyclic) bond motifs is 3. The number of benzene rings is 2. The van der Waals surface area contributed by atoms with E-state index in [-0.39, 0.29) is 5.62 Å². The molecule has 0 bridgehead atoms. The predicted octanol–water partition coefficient (Wildman–Crippen LogP) is 4.58. The fourth-order valence-electron chi connectivity index (χ4n) is 3.70. The third-order valence-corrected chi connectivity index (χ3v) is 5.48. The Hall–Kier alpha value is -3.95. The number of hydrogen-bond donors (Lipinski definition) is 1. The normalized spacial score (nSPS) is 11.1. The molecule has 0 aliphatic rings. The predicted molar refractivity (Wildman–Crippen MR) is 116 cm³/mol. The molecule has 0 unspecified atom stereocenters. The van der Waals surface area contributed by atoms with Gasteiger partial charge in [-0.3, -0.25) is 19.9 Å². The molecule has 0 saturated carbocycles. The van der Waals surface area contributed by atoms with Gasteiger partial charge in [0, 0.05) is 23.7 Å². The molecule has 3 heterocycles. The minimum Gasteiger partial charge on any atom is -0.312 e. The smallest absolute Gasteiger partial charge is 0.207 e. The molecule has 5 aromatic rings. The summed E-state index contributed by atoms with van der Waals surface area (Å²) in [5, 5.41) is 19.6. The fourth-order valence-corrected chi connectivity index (χ4v) is 3.83. The molecule has 0 radical (unpaired) electrons. The summed E-state index contributed by atoms with van der Waals surface area (Å²) in [6, 6.07) is 17.6. The average molecular weight is 411 g/mol. The van der Waals surface area contributed by atoms with Crippen molar-refractivity contribution >= 4 is 33.5 Å². The lowest BCUT2D eigenvalue weighted by Gasteiger charge is -2.09. The van der Waals surface area contributed by atoms with Gasteiger partial charge in [0.05, 0.1) is 40.2 Å². The summed E-state index contributed by atoms with van der Waals surface area (Å²) in [7, 11) is 1.83. The Balaban J connectivity index is 1.87. The molecule has 5 rings (SSSR count). The van der Waals surface area contributed by atoms with Gasteiger partial charge in [-0.2, -0.15) is 5.26 Å². The first-order valence-electron chi connectivity index (χ1n) is 9.23. The maximum atomic E-state index is 9.28. The van der Waals surface area contributed by atoms with Gasteiger partial charge in [0.2, 0.25) is 5.62 Å². The van der Waals surface area contributed by atoms with E-state index >= 15 is 0 Å². The van der Waals surface area contributed by atoms with Crippen LogP contribution in [0.3, 0.4) is 0 Å². The SMILES string of the molecule is Cn1c(=N)n(-c2cncc(C#N)c2)c2c3cc(-c4ccc(Cl)cc4)ccc3ncc21. The van der Waals surface area contributed by atoms with Crippen LogP contribution in [0.15, 0.2) is 67.1 Å². The molecular formula is C23H15ClN6. The Kier molecular flexibility index (Phi) is 4.12. The number of pyridine rings is 2. The number of aryl methyl sites for hydroxylation is 1. The van der Waals surface area contributed by atoms with Gasteiger partial charge in [-0.25, -0.2) is 0 Å². The van der Waals surface area contributed by atoms with Crippen LogP contribution < -0.4 is 5.62 Å². The first kappa shape index (κ1) is 18.1. The van der Waals surface area contributed by atoms with Crippen LogP contribution in [-0.2, 0) is 7.05 Å². The van der Waals surface area contributed by atoms with Gasteiger partial charge in [0.1, 0.15) is 6.07 Å². The first-order chi connectivity index (χ1) is 14.6. The molecule has 0 aliphatic carbocycles. The zero-order chi connectivity index (χ0) is 20.8. The van der Waals surface area contributed by atoms with Crippen molar-refractivity contribution in [2.24, 2.45) is 7.05 Å². The summed E-state index contributed by atoms with van der Waals surface area (Å²) in [4.78, 5) is 8.77. The zero-order valence-corrected chi connectivity index (χ0v) is 16.7. The molecule has 0 saturated heterocycles. The van der Waals surface area contributed by atoms with E-state index in [1.54, 1.807) is 27.6 Å². The lowest BCUT2D eigenvalue weighted by molar-refractivity contribution is 0.786. The van der Waals surface area contributed by atoms with E-state index in [4.69, 9.17) is 17.0 Å². The van der Waals surface area contributed by atoms with Gasteiger partial charge in [-0.1, -0.05) is 29.8 Å². The zero-order valence-electron chi connectivity index (χ0n) is 16.0. The molecule has 6 nitrogen and oxygen atoms in total. The summed E-state index contributed by atoms with van der Waals surface area (Å²) in [6.07, 6.45) is 4.94. The Bertz CT molecular complexity index is 1540. The molecule has 1 N–H and O–H groups in total. The second-order valence-electron chi connectivity index (χ2n) is 6.99. The molecule has 30 heavy (non-hydrogen) atoms. The highest BCUT2D eigenvalue weighted by Gasteiger charge is 2.15. The van der Waals surface area contributed by atoms with Crippen molar-refractivity contribution in [3.8, 4) is 22.9 Å². The van der Waals surface area contributed by atoms with Crippen LogP contribution in [0, 0.1) is 16.7 Å². The van der Waals surface area contributed by atoms with Gasteiger partial charge in [0.25, 0.3) is 0 Å². The van der Waals surface area contributed by atoms with E-state index in [0.29, 0.717) is 16.3 Å². The molecule has 7 heteroatoms. The van der Waals surface area contributed by atoms with Crippen molar-refractivity contribution in [1.82, 2.24) is 19.1 Å². The lowest BCUT2D eigenvalue weighted by atomic mass is 10.0. The third-order valence-electron chi connectivity index (χ3n) is 5.22. The van der Waals surface area contributed by atoms with E-state index in [1.165, 1.54) is 6.20 Å². The van der Waals surface area contributed by atoms with Gasteiger partial charge in [-0.05, 0) is 41.5 Å². The van der Waals surface area contributed by atoms with Crippen molar-refractivity contribution in [1.29, 1.82) is 10.7 Å². The van der Waals surface area contributed by atoms with Gasteiger partial charge >= 0.3 is 0 Å². The number of hydrogen-bond acceptors (Lipinski definition) is 4. The summed E-state index contributed by atoms with van der Waals surface area (Å²) in [5.41, 5.74) is 5.94. The second kappa shape index (κ2) is 6.83. The van der Waals surface area contributed by atoms with Crippen LogP contribution in [0.25, 0.3) is 38.8 Å². The monoisotopic (exact) mass is 410 g/mol. The highest BCUT2D eigenvalue weighted by atomic mass is 35.5. The molecule has 2 aromatic carbocycles. The number of imidazole rings is 1. The highest BCUT2D eigenvalue weighted by molar-refractivity contribution is 6.30. The van der Waals surface area contributed by atoms with Crippen molar-refractivity contribution in [3.63, 3.8) is 0 Å². The molecule has 3 aromatic heterocycles. The van der Waals surface area contributed by atoms with Crippen molar-refractivity contribution in [2.75, 3.05) is 0 Å². The van der Waals surface area contributed by atoms with Crippen LogP contribution in [0.1, 0.15) is 5.56 Å². The second-order valence-corrected chi connectivity index (χ2v) is 7.43. The molecule has 144 valence electrons. The van der Waals surface area contributed by atoms with E-state index in [9.17, 15) is 5.26 Å². The summed E-state index contributed by atoms with van der Waals surface area (Å²) in [6.45, 7) is 0. The fraction of sp³-hybridized carbons (Fsp3) is 0.0435. The Morgan fingerprint density at radius 2 is 1.77 bits per heavy atom. The van der Waals surface area contributed by atoms with Crippen LogP contribution in [0.4, 0.5) is 0 Å². The largest absolute Gasteiger partial charge is 0.312 e. The highest BCUT2D eigenvalue weighted by Crippen LogP contribution is 2.30. The summed E-state index contributed by atoms with van der Waals surface area (Å²) in [5.74, 6) is 0. The standard InChI is InChI=1S/C23H15ClN6/c1-29-21-13-28-20-7-4-16(15-2-5-17(24)6-3-15)9-19(20)22(21)30(23(29)26)18-8-14(10-25)11-27-12-18/h2-9,11-13,26H,1H3. The first-order valence-corrected chi connectivity index (χ1v) is 9.61. The topological polar surface area (TPSA) is 83.3 Å². The van der Waals surface area contributed by atoms with Crippen LogP contribution in [0.2, 0.25) is 5.02 Å². The quantitative estimate of drug-likeness (QED) is 0.462.